The van der Waals surface area contributed by atoms with E-state index in [0.717, 1.165) is 11.1 Å². The van der Waals surface area contributed by atoms with E-state index in [-0.39, 0.29) is 13.2 Å². The minimum absolute atomic E-state index is 0.118. The molecule has 0 saturated carbocycles. The third-order valence-electron chi connectivity index (χ3n) is 6.08. The van der Waals surface area contributed by atoms with Crippen LogP contribution >= 0.6 is 11.6 Å². The van der Waals surface area contributed by atoms with Crippen molar-refractivity contribution in [1.82, 2.24) is 0 Å². The third-order valence-corrected chi connectivity index (χ3v) is 6.33. The van der Waals surface area contributed by atoms with E-state index in [1.54, 1.807) is 56.2 Å². The molecule has 37 heavy (non-hydrogen) atoms. The Morgan fingerprint density at radius 1 is 0.892 bits per heavy atom. The van der Waals surface area contributed by atoms with Crippen LogP contribution in [-0.4, -0.2) is 25.7 Å². The molecular formula is C30H28ClNO5. The van der Waals surface area contributed by atoms with E-state index < -0.39 is 17.9 Å². The van der Waals surface area contributed by atoms with E-state index >= 15 is 0 Å². The molecule has 0 saturated heterocycles. The first-order valence-corrected chi connectivity index (χ1v) is 12.3. The van der Waals surface area contributed by atoms with E-state index in [0.29, 0.717) is 33.4 Å². The maximum atomic E-state index is 13.5. The number of carbonyl (C=O) groups excluding carboxylic acids is 2. The lowest BCUT2D eigenvalue weighted by molar-refractivity contribution is -0.141. The number of benzene rings is 3. The van der Waals surface area contributed by atoms with Gasteiger partial charge in [0.1, 0.15) is 18.1 Å². The summed E-state index contributed by atoms with van der Waals surface area (Å²) >= 11 is 6.12. The molecule has 0 fully saturated rings. The zero-order valence-electron chi connectivity index (χ0n) is 20.9. The van der Waals surface area contributed by atoms with Gasteiger partial charge in [-0.25, -0.2) is 9.59 Å². The molecule has 0 aromatic heterocycles. The summed E-state index contributed by atoms with van der Waals surface area (Å²) < 4.78 is 16.5. The summed E-state index contributed by atoms with van der Waals surface area (Å²) in [6, 6.07) is 23.9. The Morgan fingerprint density at radius 2 is 1.57 bits per heavy atom. The Labute approximate surface area is 221 Å². The van der Waals surface area contributed by atoms with Crippen molar-refractivity contribution in [1.29, 1.82) is 0 Å². The molecule has 0 bridgehead atoms. The zero-order chi connectivity index (χ0) is 26.4. The number of ether oxygens (including phenoxy) is 3. The fourth-order valence-corrected chi connectivity index (χ4v) is 4.40. The van der Waals surface area contributed by atoms with Gasteiger partial charge in [-0.05, 0) is 67.4 Å². The van der Waals surface area contributed by atoms with Crippen LogP contribution in [0.3, 0.4) is 0 Å². The van der Waals surface area contributed by atoms with Gasteiger partial charge in [0.15, 0.2) is 0 Å². The first kappa shape index (κ1) is 26.0. The van der Waals surface area contributed by atoms with Crippen LogP contribution in [0.1, 0.15) is 30.9 Å². The van der Waals surface area contributed by atoms with Gasteiger partial charge in [-0.1, -0.05) is 54.1 Å². The number of nitrogens with zero attached hydrogens (tertiary/aromatic N) is 1. The number of allylic oxidation sites excluding steroid dienone is 2. The highest BCUT2D eigenvalue weighted by molar-refractivity contribution is 6.30. The van der Waals surface area contributed by atoms with Gasteiger partial charge in [-0.3, -0.25) is 0 Å². The van der Waals surface area contributed by atoms with Gasteiger partial charge in [0.25, 0.3) is 0 Å². The van der Waals surface area contributed by atoms with Crippen molar-refractivity contribution < 1.29 is 23.8 Å². The standard InChI is InChI=1S/C30H28ClNO5/c1-4-36-30(34)28-20(2)32(24-14-16-25(35-3)17-15-24)27(18-26(28)22-10-12-23(31)13-11-22)29(33)37-19-21-8-6-5-7-9-21/h5-18,26H,4,19H2,1-3H3. The summed E-state index contributed by atoms with van der Waals surface area (Å²) in [6.07, 6.45) is 1.75. The lowest BCUT2D eigenvalue weighted by atomic mass is 9.85. The normalized spacial score (nSPS) is 15.2. The van der Waals surface area contributed by atoms with Gasteiger partial charge in [0.05, 0.1) is 19.3 Å². The quantitative estimate of drug-likeness (QED) is 0.321. The molecular weight excluding hydrogens is 490 g/mol. The van der Waals surface area contributed by atoms with Crippen LogP contribution in [0.2, 0.25) is 5.02 Å². The minimum Gasteiger partial charge on any atom is -0.497 e. The number of rotatable bonds is 8. The highest BCUT2D eigenvalue weighted by Crippen LogP contribution is 2.40. The molecule has 3 aromatic rings. The largest absolute Gasteiger partial charge is 0.497 e. The van der Waals surface area contributed by atoms with E-state index in [9.17, 15) is 9.59 Å². The molecule has 4 rings (SSSR count). The fourth-order valence-electron chi connectivity index (χ4n) is 4.28. The molecule has 0 N–H and O–H groups in total. The Morgan fingerprint density at radius 3 is 2.19 bits per heavy atom. The monoisotopic (exact) mass is 517 g/mol. The number of halogens is 1. The Hall–Kier alpha value is -4.03. The molecule has 1 unspecified atom stereocenters. The van der Waals surface area contributed by atoms with Crippen molar-refractivity contribution in [3.63, 3.8) is 0 Å². The number of hydrogen-bond acceptors (Lipinski definition) is 6. The van der Waals surface area contributed by atoms with Crippen molar-refractivity contribution in [2.45, 2.75) is 26.4 Å². The predicted octanol–water partition coefficient (Wildman–Crippen LogP) is 6.42. The predicted molar refractivity (Wildman–Crippen MR) is 143 cm³/mol. The highest BCUT2D eigenvalue weighted by atomic mass is 35.5. The van der Waals surface area contributed by atoms with Crippen LogP contribution in [0, 0.1) is 0 Å². The fraction of sp³-hybridized carbons (Fsp3) is 0.200. The van der Waals surface area contributed by atoms with Gasteiger partial charge in [-0.2, -0.15) is 0 Å². The van der Waals surface area contributed by atoms with Gasteiger partial charge in [0.2, 0.25) is 0 Å². The summed E-state index contributed by atoms with van der Waals surface area (Å²) in [6.45, 7) is 3.90. The first-order chi connectivity index (χ1) is 17.9. The summed E-state index contributed by atoms with van der Waals surface area (Å²) in [7, 11) is 1.59. The van der Waals surface area contributed by atoms with Gasteiger partial charge >= 0.3 is 11.9 Å². The highest BCUT2D eigenvalue weighted by Gasteiger charge is 2.36. The summed E-state index contributed by atoms with van der Waals surface area (Å²) in [5.74, 6) is -0.832. The molecule has 6 nitrogen and oxygen atoms in total. The van der Waals surface area contributed by atoms with E-state index in [4.69, 9.17) is 25.8 Å². The summed E-state index contributed by atoms with van der Waals surface area (Å²) in [5.41, 5.74) is 3.65. The Balaban J connectivity index is 1.81. The smallest absolute Gasteiger partial charge is 0.355 e. The molecule has 1 atom stereocenters. The molecule has 7 heteroatoms. The van der Waals surface area contributed by atoms with Crippen molar-refractivity contribution in [3.8, 4) is 5.75 Å². The van der Waals surface area contributed by atoms with Crippen LogP contribution in [0.4, 0.5) is 5.69 Å². The topological polar surface area (TPSA) is 65.1 Å². The van der Waals surface area contributed by atoms with Gasteiger partial charge in [0, 0.05) is 22.3 Å². The second-order valence-corrected chi connectivity index (χ2v) is 8.83. The number of esters is 2. The second kappa shape index (κ2) is 11.8. The number of hydrogen-bond donors (Lipinski definition) is 0. The van der Waals surface area contributed by atoms with E-state index in [2.05, 4.69) is 0 Å². The van der Waals surface area contributed by atoms with Crippen LogP contribution in [0.15, 0.2) is 102 Å². The lowest BCUT2D eigenvalue weighted by Crippen LogP contribution is -2.34. The van der Waals surface area contributed by atoms with E-state index in [1.165, 1.54) is 0 Å². The molecule has 0 amide bonds. The maximum Gasteiger partial charge on any atom is 0.355 e. The molecule has 1 heterocycles. The maximum absolute atomic E-state index is 13.5. The van der Waals surface area contributed by atoms with Crippen molar-refractivity contribution in [3.05, 3.63) is 118 Å². The molecule has 1 aliphatic heterocycles. The SMILES string of the molecule is CCOC(=O)C1=C(C)N(c2ccc(OC)cc2)C(C(=O)OCc2ccccc2)=CC1c1ccc(Cl)cc1. The first-order valence-electron chi connectivity index (χ1n) is 11.9. The van der Waals surface area contributed by atoms with Crippen molar-refractivity contribution in [2.24, 2.45) is 0 Å². The minimum atomic E-state index is -0.537. The third kappa shape index (κ3) is 5.87. The Bertz CT molecular complexity index is 1310. The average molecular weight is 518 g/mol. The molecule has 0 aliphatic carbocycles. The zero-order valence-corrected chi connectivity index (χ0v) is 21.7. The lowest BCUT2D eigenvalue weighted by Gasteiger charge is -2.35. The van der Waals surface area contributed by atoms with Crippen LogP contribution in [0.5, 0.6) is 5.75 Å². The molecule has 3 aromatic carbocycles. The summed E-state index contributed by atoms with van der Waals surface area (Å²) in [4.78, 5) is 28.5. The van der Waals surface area contributed by atoms with Crippen molar-refractivity contribution >= 4 is 29.2 Å². The van der Waals surface area contributed by atoms with Crippen LogP contribution < -0.4 is 9.64 Å². The molecule has 190 valence electrons. The summed E-state index contributed by atoms with van der Waals surface area (Å²) in [5, 5.41) is 0.573. The molecule has 1 aliphatic rings. The van der Waals surface area contributed by atoms with Crippen LogP contribution in [-0.2, 0) is 25.7 Å². The molecule has 0 spiro atoms. The number of carbonyl (C=O) groups is 2. The number of anilines is 1. The van der Waals surface area contributed by atoms with Crippen LogP contribution in [0.25, 0.3) is 0 Å². The second-order valence-electron chi connectivity index (χ2n) is 8.40. The molecule has 0 radical (unpaired) electrons. The van der Waals surface area contributed by atoms with Crippen molar-refractivity contribution in [2.75, 3.05) is 18.6 Å². The van der Waals surface area contributed by atoms with Gasteiger partial charge < -0.3 is 19.1 Å². The van der Waals surface area contributed by atoms with Gasteiger partial charge in [-0.15, -0.1) is 0 Å². The van der Waals surface area contributed by atoms with E-state index in [1.807, 2.05) is 54.6 Å². The average Bonchev–Trinajstić information content (AvgIpc) is 2.92. The number of methoxy groups -OCH3 is 1. The Kier molecular flexibility index (Phi) is 8.31.